The first-order valence-electron chi connectivity index (χ1n) is 7.56. The molecule has 0 saturated carbocycles. The topological polar surface area (TPSA) is 59.6 Å². The average molecular weight is 345 g/mol. The highest BCUT2D eigenvalue weighted by Crippen LogP contribution is 2.30. The monoisotopic (exact) mass is 344 g/mol. The van der Waals surface area contributed by atoms with Crippen molar-refractivity contribution in [2.45, 2.75) is 6.10 Å². The van der Waals surface area contributed by atoms with E-state index in [0.717, 1.165) is 11.3 Å². The van der Waals surface area contributed by atoms with Gasteiger partial charge in [-0.05, 0) is 35.9 Å². The van der Waals surface area contributed by atoms with Gasteiger partial charge in [0.25, 0.3) is 0 Å². The Bertz CT molecular complexity index is 731. The summed E-state index contributed by atoms with van der Waals surface area (Å²) in [6.07, 6.45) is 3.14. The molecule has 1 unspecified atom stereocenters. The predicted molar refractivity (Wildman–Crippen MR) is 93.4 cm³/mol. The van der Waals surface area contributed by atoms with Gasteiger partial charge in [0.05, 0.1) is 6.54 Å². The van der Waals surface area contributed by atoms with Crippen LogP contribution in [0.2, 0.25) is 5.02 Å². The number of carbonyl (C=O) groups is 1. The Kier molecular flexibility index (Phi) is 5.23. The minimum atomic E-state index is -0.303. The maximum Gasteiger partial charge on any atom is 0.318 e. The zero-order valence-corrected chi connectivity index (χ0v) is 13.6. The number of fused-ring (bicyclic) bond motifs is 1. The van der Waals surface area contributed by atoms with E-state index >= 15 is 0 Å². The van der Waals surface area contributed by atoms with Crippen LogP contribution in [0, 0.1) is 0 Å². The lowest BCUT2D eigenvalue weighted by Crippen LogP contribution is -2.43. The Hall–Kier alpha value is -2.66. The summed E-state index contributed by atoms with van der Waals surface area (Å²) in [5, 5.41) is 6.07. The Morgan fingerprint density at radius 3 is 2.71 bits per heavy atom. The van der Waals surface area contributed by atoms with Crippen LogP contribution < -0.4 is 20.1 Å². The number of benzene rings is 2. The molecule has 1 aliphatic rings. The van der Waals surface area contributed by atoms with Crippen LogP contribution in [0.1, 0.15) is 5.56 Å². The number of hydrogen-bond acceptors (Lipinski definition) is 3. The van der Waals surface area contributed by atoms with Crippen LogP contribution >= 0.6 is 11.6 Å². The van der Waals surface area contributed by atoms with Crippen molar-refractivity contribution in [3.63, 3.8) is 0 Å². The molecule has 0 saturated heterocycles. The molecule has 0 spiro atoms. The van der Waals surface area contributed by atoms with E-state index in [-0.39, 0.29) is 12.1 Å². The highest BCUT2D eigenvalue weighted by molar-refractivity contribution is 6.30. The van der Waals surface area contributed by atoms with Crippen LogP contribution in [-0.2, 0) is 0 Å². The fraction of sp³-hybridized carbons (Fsp3) is 0.167. The molecule has 0 bridgehead atoms. The standard InChI is InChI=1S/C18H17ClN2O3/c19-14-7-5-13(6-8-14)9-10-20-18(22)21-11-15-12-23-16-3-1-2-4-17(16)24-15/h1-10,15H,11-12H2,(H2,20,21,22)/b10-9+. The minimum Gasteiger partial charge on any atom is -0.486 e. The van der Waals surface area contributed by atoms with Crippen molar-refractivity contribution in [1.82, 2.24) is 10.6 Å². The van der Waals surface area contributed by atoms with Crippen LogP contribution in [0.5, 0.6) is 11.5 Å². The van der Waals surface area contributed by atoms with Gasteiger partial charge in [0.1, 0.15) is 6.61 Å². The van der Waals surface area contributed by atoms with Crippen molar-refractivity contribution in [3.8, 4) is 11.5 Å². The number of hydrogen-bond donors (Lipinski definition) is 2. The summed E-state index contributed by atoms with van der Waals surface area (Å²) in [5.74, 6) is 1.42. The van der Waals surface area contributed by atoms with Crippen molar-refractivity contribution in [1.29, 1.82) is 0 Å². The van der Waals surface area contributed by atoms with Crippen LogP contribution in [0.15, 0.2) is 54.7 Å². The van der Waals surface area contributed by atoms with E-state index in [1.165, 1.54) is 0 Å². The van der Waals surface area contributed by atoms with Gasteiger partial charge in [-0.15, -0.1) is 0 Å². The van der Waals surface area contributed by atoms with Gasteiger partial charge in [0.2, 0.25) is 0 Å². The highest BCUT2D eigenvalue weighted by atomic mass is 35.5. The van der Waals surface area contributed by atoms with Gasteiger partial charge in [-0.3, -0.25) is 0 Å². The Morgan fingerprint density at radius 2 is 1.92 bits per heavy atom. The molecule has 1 heterocycles. The van der Waals surface area contributed by atoms with Gasteiger partial charge >= 0.3 is 6.03 Å². The SMILES string of the molecule is O=C(N/C=C/c1ccc(Cl)cc1)NCC1COc2ccccc2O1. The highest BCUT2D eigenvalue weighted by Gasteiger charge is 2.20. The van der Waals surface area contributed by atoms with E-state index in [1.54, 1.807) is 24.4 Å². The molecule has 2 aromatic carbocycles. The number of carbonyl (C=O) groups excluding carboxylic acids is 1. The third kappa shape index (κ3) is 4.43. The third-order valence-electron chi connectivity index (χ3n) is 3.42. The molecule has 1 atom stereocenters. The number of nitrogens with one attached hydrogen (secondary N) is 2. The van der Waals surface area contributed by atoms with Crippen LogP contribution in [0.4, 0.5) is 4.79 Å². The second-order valence-electron chi connectivity index (χ2n) is 5.24. The summed E-state index contributed by atoms with van der Waals surface area (Å²) in [7, 11) is 0. The number of ether oxygens (including phenoxy) is 2. The molecule has 2 amide bonds. The summed E-state index contributed by atoms with van der Waals surface area (Å²) in [6.45, 7) is 0.757. The first-order chi connectivity index (χ1) is 11.7. The lowest BCUT2D eigenvalue weighted by Gasteiger charge is -2.26. The van der Waals surface area contributed by atoms with Gasteiger partial charge in [0, 0.05) is 11.2 Å². The van der Waals surface area contributed by atoms with Gasteiger partial charge < -0.3 is 20.1 Å². The quantitative estimate of drug-likeness (QED) is 0.893. The zero-order chi connectivity index (χ0) is 16.8. The van der Waals surface area contributed by atoms with E-state index in [9.17, 15) is 4.79 Å². The van der Waals surface area contributed by atoms with E-state index in [2.05, 4.69) is 10.6 Å². The van der Waals surface area contributed by atoms with Crippen molar-refractivity contribution < 1.29 is 14.3 Å². The van der Waals surface area contributed by atoms with E-state index in [0.29, 0.717) is 23.9 Å². The summed E-state index contributed by atoms with van der Waals surface area (Å²) in [5.41, 5.74) is 0.945. The zero-order valence-electron chi connectivity index (χ0n) is 12.9. The van der Waals surface area contributed by atoms with Crippen LogP contribution in [0.25, 0.3) is 6.08 Å². The van der Waals surface area contributed by atoms with Gasteiger partial charge in [-0.2, -0.15) is 0 Å². The molecule has 124 valence electrons. The Balaban J connectivity index is 1.42. The van der Waals surface area contributed by atoms with Crippen molar-refractivity contribution in [3.05, 3.63) is 65.3 Å². The number of amides is 2. The largest absolute Gasteiger partial charge is 0.486 e. The van der Waals surface area contributed by atoms with Gasteiger partial charge in [0.15, 0.2) is 17.6 Å². The van der Waals surface area contributed by atoms with Gasteiger partial charge in [-0.1, -0.05) is 35.9 Å². The summed E-state index contributed by atoms with van der Waals surface area (Å²) < 4.78 is 11.4. The van der Waals surface area contributed by atoms with Crippen LogP contribution in [-0.4, -0.2) is 25.3 Å². The number of para-hydroxylation sites is 2. The van der Waals surface area contributed by atoms with Crippen molar-refractivity contribution >= 4 is 23.7 Å². The first kappa shape index (κ1) is 16.2. The third-order valence-corrected chi connectivity index (χ3v) is 3.67. The molecule has 3 rings (SSSR count). The number of halogens is 1. The summed E-state index contributed by atoms with van der Waals surface area (Å²) in [6, 6.07) is 14.5. The normalized spacial score (nSPS) is 16.0. The second kappa shape index (κ2) is 7.75. The van der Waals surface area contributed by atoms with E-state index in [4.69, 9.17) is 21.1 Å². The Morgan fingerprint density at radius 1 is 1.17 bits per heavy atom. The molecule has 2 N–H and O–H groups in total. The number of urea groups is 1. The lowest BCUT2D eigenvalue weighted by molar-refractivity contribution is 0.0919. The molecule has 0 aliphatic carbocycles. The smallest absolute Gasteiger partial charge is 0.318 e. The van der Waals surface area contributed by atoms with Crippen LogP contribution in [0.3, 0.4) is 0 Å². The molecule has 1 aliphatic heterocycles. The fourth-order valence-electron chi connectivity index (χ4n) is 2.21. The molecular weight excluding hydrogens is 328 g/mol. The summed E-state index contributed by atoms with van der Waals surface area (Å²) >= 11 is 5.82. The van der Waals surface area contributed by atoms with Gasteiger partial charge in [-0.25, -0.2) is 4.79 Å². The molecule has 6 heteroatoms. The van der Waals surface area contributed by atoms with Crippen molar-refractivity contribution in [2.24, 2.45) is 0 Å². The molecular formula is C18H17ClN2O3. The molecule has 0 aromatic heterocycles. The molecule has 24 heavy (non-hydrogen) atoms. The maximum atomic E-state index is 11.8. The average Bonchev–Trinajstić information content (AvgIpc) is 2.61. The molecule has 5 nitrogen and oxygen atoms in total. The molecule has 2 aromatic rings. The van der Waals surface area contributed by atoms with Crippen molar-refractivity contribution in [2.75, 3.05) is 13.2 Å². The number of rotatable bonds is 4. The fourth-order valence-corrected chi connectivity index (χ4v) is 2.33. The lowest BCUT2D eigenvalue weighted by atomic mass is 10.2. The molecule has 0 radical (unpaired) electrons. The van der Waals surface area contributed by atoms with E-state index in [1.807, 2.05) is 36.4 Å². The van der Waals surface area contributed by atoms with E-state index < -0.39 is 0 Å². The minimum absolute atomic E-state index is 0.217. The predicted octanol–water partition coefficient (Wildman–Crippen LogP) is 3.45. The maximum absolute atomic E-state index is 11.8. The second-order valence-corrected chi connectivity index (χ2v) is 5.67. The molecule has 0 fully saturated rings. The Labute approximate surface area is 145 Å². The first-order valence-corrected chi connectivity index (χ1v) is 7.93. The summed E-state index contributed by atoms with van der Waals surface area (Å²) in [4.78, 5) is 11.8.